The molecular formula is C11H21NO4. The van der Waals surface area contributed by atoms with Crippen LogP contribution in [0.2, 0.25) is 0 Å². The van der Waals surface area contributed by atoms with E-state index in [9.17, 15) is 4.79 Å². The van der Waals surface area contributed by atoms with Gasteiger partial charge in [-0.15, -0.1) is 0 Å². The SMILES string of the molecule is CCOC(CCN1CCOCC1C)C(=O)O. The van der Waals surface area contributed by atoms with Crippen LogP contribution in [0.25, 0.3) is 0 Å². The molecule has 0 amide bonds. The predicted molar refractivity (Wildman–Crippen MR) is 59.5 cm³/mol. The molecule has 16 heavy (non-hydrogen) atoms. The number of hydrogen-bond acceptors (Lipinski definition) is 4. The first-order valence-corrected chi connectivity index (χ1v) is 5.81. The Morgan fingerprint density at radius 1 is 1.69 bits per heavy atom. The highest BCUT2D eigenvalue weighted by Crippen LogP contribution is 2.09. The number of carbonyl (C=O) groups is 1. The number of ether oxygens (including phenoxy) is 2. The van der Waals surface area contributed by atoms with E-state index in [1.165, 1.54) is 0 Å². The van der Waals surface area contributed by atoms with Crippen molar-refractivity contribution in [3.8, 4) is 0 Å². The Kier molecular flexibility index (Phi) is 5.73. The summed E-state index contributed by atoms with van der Waals surface area (Å²) in [6, 6.07) is 0.366. The summed E-state index contributed by atoms with van der Waals surface area (Å²) in [7, 11) is 0. The molecule has 2 unspecified atom stereocenters. The third kappa shape index (κ3) is 4.08. The van der Waals surface area contributed by atoms with Gasteiger partial charge in [-0.3, -0.25) is 4.90 Å². The van der Waals surface area contributed by atoms with Gasteiger partial charge in [0.2, 0.25) is 0 Å². The molecule has 94 valence electrons. The van der Waals surface area contributed by atoms with Crippen molar-refractivity contribution in [1.29, 1.82) is 0 Å². The fourth-order valence-electron chi connectivity index (χ4n) is 1.86. The second-order valence-corrected chi connectivity index (χ2v) is 4.03. The fourth-order valence-corrected chi connectivity index (χ4v) is 1.86. The van der Waals surface area contributed by atoms with Crippen molar-refractivity contribution in [2.24, 2.45) is 0 Å². The van der Waals surface area contributed by atoms with E-state index in [1.54, 1.807) is 0 Å². The van der Waals surface area contributed by atoms with Crippen molar-refractivity contribution in [2.45, 2.75) is 32.4 Å². The molecule has 0 saturated carbocycles. The van der Waals surface area contributed by atoms with Crippen LogP contribution in [-0.4, -0.2) is 61.0 Å². The van der Waals surface area contributed by atoms with Crippen LogP contribution in [0.1, 0.15) is 20.3 Å². The lowest BCUT2D eigenvalue weighted by Crippen LogP contribution is -2.45. The maximum atomic E-state index is 10.9. The summed E-state index contributed by atoms with van der Waals surface area (Å²) in [6.07, 6.45) is -0.145. The number of carboxylic acid groups (broad SMARTS) is 1. The maximum absolute atomic E-state index is 10.9. The maximum Gasteiger partial charge on any atom is 0.332 e. The molecule has 1 rings (SSSR count). The molecule has 0 aromatic rings. The van der Waals surface area contributed by atoms with Gasteiger partial charge in [-0.05, 0) is 20.3 Å². The highest BCUT2D eigenvalue weighted by atomic mass is 16.5. The zero-order valence-electron chi connectivity index (χ0n) is 10.0. The fraction of sp³-hybridized carbons (Fsp3) is 0.909. The molecule has 1 aliphatic heterocycles. The predicted octanol–water partition coefficient (Wildman–Crippen LogP) is 0.587. The van der Waals surface area contributed by atoms with Crippen molar-refractivity contribution in [3.05, 3.63) is 0 Å². The van der Waals surface area contributed by atoms with Crippen molar-refractivity contribution >= 4 is 5.97 Å². The van der Waals surface area contributed by atoms with Gasteiger partial charge in [0.25, 0.3) is 0 Å². The highest BCUT2D eigenvalue weighted by Gasteiger charge is 2.22. The standard InChI is InChI=1S/C11H21NO4/c1-3-16-10(11(13)14)4-5-12-6-7-15-8-9(12)2/h9-10H,3-8H2,1-2H3,(H,13,14). The summed E-state index contributed by atoms with van der Waals surface area (Å²) in [6.45, 7) is 7.43. The summed E-state index contributed by atoms with van der Waals surface area (Å²) in [5.41, 5.74) is 0. The summed E-state index contributed by atoms with van der Waals surface area (Å²) >= 11 is 0. The molecule has 0 aliphatic carbocycles. The van der Waals surface area contributed by atoms with Crippen LogP contribution in [-0.2, 0) is 14.3 Å². The molecule has 1 saturated heterocycles. The van der Waals surface area contributed by atoms with E-state index in [0.29, 0.717) is 19.1 Å². The summed E-state index contributed by atoms with van der Waals surface area (Å²) < 4.78 is 10.5. The highest BCUT2D eigenvalue weighted by molar-refractivity contribution is 5.72. The smallest absolute Gasteiger partial charge is 0.332 e. The molecule has 0 aromatic heterocycles. The lowest BCUT2D eigenvalue weighted by Gasteiger charge is -2.33. The van der Waals surface area contributed by atoms with Crippen molar-refractivity contribution in [3.63, 3.8) is 0 Å². The van der Waals surface area contributed by atoms with Crippen LogP contribution in [0, 0.1) is 0 Å². The lowest BCUT2D eigenvalue weighted by atomic mass is 10.2. The Bertz CT molecular complexity index is 222. The Labute approximate surface area is 96.3 Å². The average Bonchev–Trinajstić information content (AvgIpc) is 2.26. The molecule has 1 N–H and O–H groups in total. The Hall–Kier alpha value is -0.650. The van der Waals surface area contributed by atoms with Crippen LogP contribution < -0.4 is 0 Å². The Morgan fingerprint density at radius 3 is 3.00 bits per heavy atom. The van der Waals surface area contributed by atoms with Gasteiger partial charge in [0, 0.05) is 25.7 Å². The van der Waals surface area contributed by atoms with E-state index in [1.807, 2.05) is 6.92 Å². The molecule has 1 aliphatic rings. The van der Waals surface area contributed by atoms with Gasteiger partial charge < -0.3 is 14.6 Å². The number of aliphatic carboxylic acids is 1. The van der Waals surface area contributed by atoms with E-state index in [0.717, 1.165) is 26.3 Å². The van der Waals surface area contributed by atoms with Gasteiger partial charge >= 0.3 is 5.97 Å². The Balaban J connectivity index is 2.32. The van der Waals surface area contributed by atoms with E-state index in [4.69, 9.17) is 14.6 Å². The van der Waals surface area contributed by atoms with E-state index in [2.05, 4.69) is 11.8 Å². The van der Waals surface area contributed by atoms with Gasteiger partial charge in [0.15, 0.2) is 6.10 Å². The molecule has 0 aromatic carbocycles. The minimum absolute atomic E-state index is 0.366. The average molecular weight is 231 g/mol. The van der Waals surface area contributed by atoms with Crippen LogP contribution >= 0.6 is 0 Å². The second-order valence-electron chi connectivity index (χ2n) is 4.03. The zero-order valence-corrected chi connectivity index (χ0v) is 10.0. The van der Waals surface area contributed by atoms with Crippen LogP contribution in [0.4, 0.5) is 0 Å². The first-order chi connectivity index (χ1) is 7.65. The zero-order chi connectivity index (χ0) is 12.0. The van der Waals surface area contributed by atoms with Gasteiger partial charge in [0.1, 0.15) is 0 Å². The molecular weight excluding hydrogens is 210 g/mol. The van der Waals surface area contributed by atoms with E-state index < -0.39 is 12.1 Å². The normalized spacial score (nSPS) is 24.2. The quantitative estimate of drug-likeness (QED) is 0.725. The molecule has 0 radical (unpaired) electrons. The molecule has 0 spiro atoms. The summed E-state index contributed by atoms with van der Waals surface area (Å²) in [4.78, 5) is 13.1. The molecule has 2 atom stereocenters. The van der Waals surface area contributed by atoms with E-state index in [-0.39, 0.29) is 0 Å². The van der Waals surface area contributed by atoms with E-state index >= 15 is 0 Å². The van der Waals surface area contributed by atoms with Crippen molar-refractivity contribution in [1.82, 2.24) is 4.90 Å². The monoisotopic (exact) mass is 231 g/mol. The van der Waals surface area contributed by atoms with Crippen LogP contribution in [0.15, 0.2) is 0 Å². The molecule has 1 fully saturated rings. The van der Waals surface area contributed by atoms with Gasteiger partial charge in [-0.2, -0.15) is 0 Å². The minimum Gasteiger partial charge on any atom is -0.479 e. The number of hydrogen-bond donors (Lipinski definition) is 1. The van der Waals surface area contributed by atoms with Gasteiger partial charge in [-0.1, -0.05) is 0 Å². The van der Waals surface area contributed by atoms with Gasteiger partial charge in [-0.25, -0.2) is 4.79 Å². The largest absolute Gasteiger partial charge is 0.479 e. The Morgan fingerprint density at radius 2 is 2.44 bits per heavy atom. The topological polar surface area (TPSA) is 59.0 Å². The van der Waals surface area contributed by atoms with Crippen molar-refractivity contribution < 1.29 is 19.4 Å². The van der Waals surface area contributed by atoms with Crippen LogP contribution in [0.5, 0.6) is 0 Å². The molecule has 5 nitrogen and oxygen atoms in total. The minimum atomic E-state index is -0.872. The number of carboxylic acids is 1. The van der Waals surface area contributed by atoms with Crippen LogP contribution in [0.3, 0.4) is 0 Å². The third-order valence-corrected chi connectivity index (χ3v) is 2.83. The lowest BCUT2D eigenvalue weighted by molar-refractivity contribution is -0.151. The summed E-state index contributed by atoms with van der Waals surface area (Å²) in [5, 5.41) is 8.93. The number of nitrogens with zero attached hydrogens (tertiary/aromatic N) is 1. The molecule has 5 heteroatoms. The second kappa shape index (κ2) is 6.83. The first kappa shape index (κ1) is 13.4. The number of morpholine rings is 1. The number of rotatable bonds is 6. The first-order valence-electron chi connectivity index (χ1n) is 5.81. The summed E-state index contributed by atoms with van der Waals surface area (Å²) in [5.74, 6) is -0.872. The third-order valence-electron chi connectivity index (χ3n) is 2.83. The molecule has 1 heterocycles. The van der Waals surface area contributed by atoms with Gasteiger partial charge in [0.05, 0.1) is 13.2 Å². The molecule has 0 bridgehead atoms. The van der Waals surface area contributed by atoms with Crippen molar-refractivity contribution in [2.75, 3.05) is 32.9 Å².